The van der Waals surface area contributed by atoms with E-state index in [1.54, 1.807) is 89.3 Å². The molecule has 6 aliphatic heterocycles. The molecule has 0 unspecified atom stereocenters. The lowest BCUT2D eigenvalue weighted by atomic mass is 9.88. The highest BCUT2D eigenvalue weighted by Crippen LogP contribution is 2.34. The Morgan fingerprint density at radius 1 is 0.708 bits per heavy atom. The first-order chi connectivity index (χ1) is 54.0. The van der Waals surface area contributed by atoms with Crippen LogP contribution in [-0.4, -0.2) is 248 Å². The van der Waals surface area contributed by atoms with Gasteiger partial charge in [-0.2, -0.15) is 0 Å². The smallest absolute Gasteiger partial charge is 0.246 e. The van der Waals surface area contributed by atoms with Crippen molar-refractivity contribution in [1.29, 1.82) is 0 Å². The van der Waals surface area contributed by atoms with Gasteiger partial charge in [-0.1, -0.05) is 72.8 Å². The van der Waals surface area contributed by atoms with Gasteiger partial charge in [0.25, 0.3) is 0 Å². The molecule has 10 atom stereocenters. The van der Waals surface area contributed by atoms with Crippen LogP contribution in [0.25, 0.3) is 10.9 Å². The molecule has 0 radical (unpaired) electrons. The minimum absolute atomic E-state index is 0.0242. The third-order valence-electron chi connectivity index (χ3n) is 21.5. The van der Waals surface area contributed by atoms with E-state index in [2.05, 4.69) is 37.2 Å². The zero-order chi connectivity index (χ0) is 81.1. The molecule has 8 N–H and O–H groups in total. The van der Waals surface area contributed by atoms with Gasteiger partial charge < -0.3 is 85.0 Å². The van der Waals surface area contributed by atoms with Crippen molar-refractivity contribution >= 4 is 81.5 Å². The predicted molar refractivity (Wildman–Crippen MR) is 414 cm³/mol. The molecule has 2 saturated heterocycles. The number of aliphatic hydroxyl groups is 1. The van der Waals surface area contributed by atoms with E-state index in [9.17, 15) is 33.9 Å². The van der Waals surface area contributed by atoms with Crippen LogP contribution in [0.1, 0.15) is 112 Å². The lowest BCUT2D eigenvalue weighted by Gasteiger charge is -2.37. The summed E-state index contributed by atoms with van der Waals surface area (Å²) in [4.78, 5) is 183. The third-order valence-corrected chi connectivity index (χ3v) is 21.5. The summed E-state index contributed by atoms with van der Waals surface area (Å²) in [6, 6.07) is 15.7. The summed E-state index contributed by atoms with van der Waals surface area (Å²) in [5.74, 6) is -10.1. The molecular formula is C83H108FN12O17+. The number of ether oxygens (including phenoxy) is 4. The second kappa shape index (κ2) is 39.5. The van der Waals surface area contributed by atoms with Gasteiger partial charge in [-0.3, -0.25) is 57.5 Å². The molecule has 2 fully saturated rings. The molecular weight excluding hydrogens is 1460 g/mol. The van der Waals surface area contributed by atoms with Gasteiger partial charge in [-0.05, 0) is 129 Å². The number of nitrogens with one attached hydrogen (secondary N) is 7. The average molecular weight is 1560 g/mol. The molecule has 113 heavy (non-hydrogen) atoms. The molecule has 0 spiro atoms. The SMILES string of the molecule is COc1ccc(C[C@@H]2NC(=O)[C@H]([C@@H](C)O)NC(=O)[C@@H]3[C@@H]4CCN3C(=O)[C@H]3CC(=O)[C@H](Cc5cccc(c5)CNC(=O)CO4)NC(=O)[C@@H](CCC(=O)CCOCCOCC[N+](C)(C)C)NC(=O)[C@H](C)NC(=O)CCC(=O)N(C/C=C/Cn4cc(c5cc(F)ccc54)C3)Cc3ccc(cc3)CCNC(=O)[C@]3(C)CCCN3C2=O)cc1. The van der Waals surface area contributed by atoms with Crippen LogP contribution in [0.5, 0.6) is 5.75 Å². The number of aliphatic hydroxyl groups excluding tert-OH is 1. The Bertz CT molecular complexity index is 4300. The number of fused-ring (bicyclic) bond motifs is 16. The first kappa shape index (κ1) is 85.2. The standard InChI is InChI=1S/C83H107FN12O17/c1-52-76(103)88-65(24-21-62(98)30-38-111-40-41-112-39-37-96(4,5)6)77(104)89-66-44-57-12-10-13-58(42-57)48-86-72(101)51-113-70-29-36-94-75(70)79(106)91-74(53(2)97)78(105)90-67(43-55-18-22-63(110-7)23-19-55)81(108)95-35-11-31-83(95,3)82(109)85-32-28-54-14-16-56(17-15-54)49-93(73(102)27-26-71(100)87-52)34-9-8-33-92-50-60(45-59(80(94)107)46-69(66)99)64-47-61(84)20-25-68(64)92/h8-10,12-20,22-23,25,42,47,50,52-53,59,65-67,70,74-75,97H,11,21,24,26-41,43-46,48-49,51H2,1-7H3,(H6-,85,86,87,88,89,90,91,100,101,103,104,105,106,109)/p+1/b9-8+/t52-,53+,59+,65+,66-,67-,70-,74-,75-,83-/m0/s1. The Labute approximate surface area is 657 Å². The number of carbonyl (C=O) groups excluding carboxylic acids is 12. The van der Waals surface area contributed by atoms with Crippen LogP contribution in [0.2, 0.25) is 0 Å². The van der Waals surface area contributed by atoms with Crippen molar-refractivity contribution in [2.75, 3.05) is 94.0 Å². The average Bonchev–Trinajstić information content (AvgIpc) is 1.66. The lowest BCUT2D eigenvalue weighted by Crippen LogP contribution is -2.63. The highest BCUT2D eigenvalue weighted by Gasteiger charge is 2.50. The number of carbonyl (C=O) groups is 12. The number of quaternary nitrogens is 1. The van der Waals surface area contributed by atoms with Crippen molar-refractivity contribution in [3.8, 4) is 5.75 Å². The molecule has 6 aliphatic rings. The fraction of sp³-hybridized carbons (Fsp3) is 0.518. The summed E-state index contributed by atoms with van der Waals surface area (Å²) in [5.41, 5.74) is 2.62. The van der Waals surface area contributed by atoms with Gasteiger partial charge in [-0.15, -0.1) is 0 Å². The number of allylic oxidation sites excluding steroid dienone is 1. The maximum atomic E-state index is 16.3. The van der Waals surface area contributed by atoms with E-state index < -0.39 is 144 Å². The summed E-state index contributed by atoms with van der Waals surface area (Å²) < 4.78 is 41.5. The van der Waals surface area contributed by atoms with Crippen molar-refractivity contribution in [1.82, 2.24) is 56.5 Å². The summed E-state index contributed by atoms with van der Waals surface area (Å²) in [7, 11) is 7.62. The van der Waals surface area contributed by atoms with Gasteiger partial charge in [0.1, 0.15) is 66.2 Å². The number of methoxy groups -OCH3 is 1. The van der Waals surface area contributed by atoms with Crippen molar-refractivity contribution in [3.63, 3.8) is 0 Å². The van der Waals surface area contributed by atoms with Gasteiger partial charge >= 0.3 is 0 Å². The van der Waals surface area contributed by atoms with Crippen LogP contribution in [0.3, 0.4) is 0 Å². The van der Waals surface area contributed by atoms with Gasteiger partial charge in [0.15, 0.2) is 5.78 Å². The molecule has 30 heteroatoms. The van der Waals surface area contributed by atoms with E-state index in [-0.39, 0.29) is 129 Å². The zero-order valence-electron chi connectivity index (χ0n) is 65.6. The van der Waals surface area contributed by atoms with E-state index in [1.807, 2.05) is 45.4 Å². The molecule has 12 bridgehead atoms. The summed E-state index contributed by atoms with van der Waals surface area (Å²) in [5, 5.41) is 31.5. The molecule has 0 saturated carbocycles. The normalized spacial score (nSPS) is 24.8. The fourth-order valence-electron chi connectivity index (χ4n) is 15.0. The summed E-state index contributed by atoms with van der Waals surface area (Å²) >= 11 is 0. The van der Waals surface area contributed by atoms with Crippen molar-refractivity contribution in [2.24, 2.45) is 5.92 Å². The van der Waals surface area contributed by atoms with Crippen LogP contribution in [0, 0.1) is 11.7 Å². The zero-order valence-corrected chi connectivity index (χ0v) is 65.6. The second-order valence-corrected chi connectivity index (χ2v) is 31.2. The van der Waals surface area contributed by atoms with Crippen molar-refractivity contribution < 1.29 is 90.5 Å². The molecule has 11 rings (SSSR count). The predicted octanol–water partition coefficient (Wildman–Crippen LogP) is 2.74. The molecule has 0 aliphatic carbocycles. The number of aromatic nitrogens is 1. The second-order valence-electron chi connectivity index (χ2n) is 31.2. The van der Waals surface area contributed by atoms with Crippen LogP contribution in [-0.2, 0) is 117 Å². The Kier molecular flexibility index (Phi) is 29.7. The first-order valence-corrected chi connectivity index (χ1v) is 39.0. The van der Waals surface area contributed by atoms with Crippen LogP contribution >= 0.6 is 0 Å². The fourth-order valence-corrected chi connectivity index (χ4v) is 15.0. The number of Topliss-reactive ketones (excluding diaryl/α,β-unsaturated/α-hetero) is 2. The summed E-state index contributed by atoms with van der Waals surface area (Å²) in [6.45, 7) is 5.66. The van der Waals surface area contributed by atoms with Crippen molar-refractivity contribution in [2.45, 2.75) is 178 Å². The number of hydrogen-bond donors (Lipinski definition) is 8. The van der Waals surface area contributed by atoms with E-state index in [1.165, 1.54) is 42.9 Å². The highest BCUT2D eigenvalue weighted by atomic mass is 19.1. The summed E-state index contributed by atoms with van der Waals surface area (Å²) in [6.07, 6.45) is 0.609. The van der Waals surface area contributed by atoms with Gasteiger partial charge in [-0.25, -0.2) is 4.39 Å². The van der Waals surface area contributed by atoms with E-state index in [4.69, 9.17) is 18.9 Å². The minimum Gasteiger partial charge on any atom is -0.497 e. The number of ketones is 2. The van der Waals surface area contributed by atoms with Crippen molar-refractivity contribution in [3.05, 3.63) is 149 Å². The molecule has 608 valence electrons. The van der Waals surface area contributed by atoms with Crippen LogP contribution in [0.4, 0.5) is 4.39 Å². The lowest BCUT2D eigenvalue weighted by molar-refractivity contribution is -0.870. The van der Waals surface area contributed by atoms with Gasteiger partial charge in [0.2, 0.25) is 59.1 Å². The molecule has 29 nitrogen and oxygen atoms in total. The number of amides is 10. The maximum absolute atomic E-state index is 16.3. The van der Waals surface area contributed by atoms with E-state index in [0.29, 0.717) is 75.0 Å². The van der Waals surface area contributed by atoms with E-state index in [0.717, 1.165) is 12.1 Å². The number of rotatable bonds is 16. The molecule has 1 aromatic heterocycles. The van der Waals surface area contributed by atoms with Crippen LogP contribution in [0.15, 0.2) is 109 Å². The molecule has 7 heterocycles. The number of nitrogens with zero attached hydrogens (tertiary/aromatic N) is 5. The maximum Gasteiger partial charge on any atom is 0.246 e. The topological polar surface area (TPSA) is 361 Å². The Morgan fingerprint density at radius 2 is 1.43 bits per heavy atom. The quantitative estimate of drug-likeness (QED) is 0.0400. The molecule has 10 amide bonds. The largest absolute Gasteiger partial charge is 0.497 e. The van der Waals surface area contributed by atoms with Gasteiger partial charge in [0.05, 0.1) is 72.9 Å². The Morgan fingerprint density at radius 3 is 2.18 bits per heavy atom. The first-order valence-electron chi connectivity index (χ1n) is 39.0. The number of halogens is 1. The number of likely N-dealkylation sites (N-methyl/N-ethyl adjacent to an activating group) is 1. The highest BCUT2D eigenvalue weighted by molar-refractivity contribution is 6.00. The Balaban J connectivity index is 1.07. The minimum atomic E-state index is -1.85. The molecule has 5 aromatic rings. The number of benzene rings is 4. The van der Waals surface area contributed by atoms with Crippen LogP contribution < -0.4 is 42.0 Å². The Hall–Kier alpha value is -10.3. The van der Waals surface area contributed by atoms with E-state index >= 15 is 33.2 Å². The monoisotopic (exact) mass is 1560 g/mol. The third kappa shape index (κ3) is 23.4. The van der Waals surface area contributed by atoms with Gasteiger partial charge in [0, 0.05) is 107 Å². The number of hydrogen-bond acceptors (Lipinski definition) is 17. The molecule has 4 aromatic carbocycles.